The summed E-state index contributed by atoms with van der Waals surface area (Å²) in [6.45, 7) is -1.95. The third-order valence-electron chi connectivity index (χ3n) is 2.66. The van der Waals surface area contributed by atoms with E-state index in [-0.39, 0.29) is 12.0 Å². The van der Waals surface area contributed by atoms with E-state index in [0.29, 0.717) is 0 Å². The van der Waals surface area contributed by atoms with Gasteiger partial charge in [0.2, 0.25) is 5.91 Å². The number of carbonyl (C=O) groups is 1. The Morgan fingerprint density at radius 2 is 1.68 bits per heavy atom. The Bertz CT molecular complexity index is 441. The number of aliphatic hydroxyl groups excluding tert-OH is 3. The van der Waals surface area contributed by atoms with E-state index in [4.69, 9.17) is 15.3 Å². The van der Waals surface area contributed by atoms with Crippen LogP contribution < -0.4 is 5.32 Å². The maximum absolute atomic E-state index is 12.9. The van der Waals surface area contributed by atoms with Crippen LogP contribution in [0.4, 0.5) is 8.78 Å². The van der Waals surface area contributed by atoms with Crippen LogP contribution in [0.1, 0.15) is 5.56 Å². The largest absolute Gasteiger partial charge is 0.394 e. The average Bonchev–Trinajstić information content (AvgIpc) is 2.40. The second-order valence-corrected chi connectivity index (χ2v) is 4.23. The summed E-state index contributed by atoms with van der Waals surface area (Å²) in [4.78, 5) is 11.6. The second kappa shape index (κ2) is 6.55. The Kier molecular flexibility index (Phi) is 5.34. The molecule has 0 spiro atoms. The molecule has 0 aliphatic carbocycles. The molecule has 0 heterocycles. The molecule has 0 bridgehead atoms. The van der Waals surface area contributed by atoms with Gasteiger partial charge in [-0.1, -0.05) is 6.07 Å². The molecule has 106 valence electrons. The summed E-state index contributed by atoms with van der Waals surface area (Å²) >= 11 is 0. The Balaban J connectivity index is 2.71. The zero-order chi connectivity index (χ0) is 14.5. The Labute approximate surface area is 108 Å². The van der Waals surface area contributed by atoms with E-state index < -0.39 is 42.9 Å². The molecule has 0 aliphatic heterocycles. The van der Waals surface area contributed by atoms with Crippen molar-refractivity contribution in [1.82, 2.24) is 5.32 Å². The molecule has 0 aromatic heterocycles. The zero-order valence-corrected chi connectivity index (χ0v) is 10.1. The van der Waals surface area contributed by atoms with Gasteiger partial charge in [0.05, 0.1) is 26.2 Å². The third-order valence-corrected chi connectivity index (χ3v) is 2.66. The highest BCUT2D eigenvalue weighted by Crippen LogP contribution is 2.10. The van der Waals surface area contributed by atoms with Crippen molar-refractivity contribution >= 4 is 5.91 Å². The molecule has 1 amide bonds. The second-order valence-electron chi connectivity index (χ2n) is 4.23. The predicted octanol–water partition coefficient (Wildman–Crippen LogP) is -0.661. The lowest BCUT2D eigenvalue weighted by atomic mass is 10.0. The molecule has 0 saturated heterocycles. The molecule has 1 rings (SSSR count). The number of nitrogens with one attached hydrogen (secondary N) is 1. The van der Waals surface area contributed by atoms with Crippen molar-refractivity contribution in [3.8, 4) is 0 Å². The van der Waals surface area contributed by atoms with E-state index in [1.165, 1.54) is 6.07 Å². The first kappa shape index (κ1) is 15.5. The van der Waals surface area contributed by atoms with Crippen molar-refractivity contribution in [3.63, 3.8) is 0 Å². The summed E-state index contributed by atoms with van der Waals surface area (Å²) in [5.41, 5.74) is -1.30. The molecule has 1 aromatic carbocycles. The summed E-state index contributed by atoms with van der Waals surface area (Å²) in [5, 5.41) is 29.3. The molecule has 5 nitrogen and oxygen atoms in total. The molecule has 19 heavy (non-hydrogen) atoms. The first-order chi connectivity index (χ1) is 8.96. The number of carbonyl (C=O) groups excluding carboxylic acids is 1. The van der Waals surface area contributed by atoms with E-state index in [1.54, 1.807) is 0 Å². The molecule has 1 aromatic rings. The zero-order valence-electron chi connectivity index (χ0n) is 10.1. The van der Waals surface area contributed by atoms with Gasteiger partial charge in [0, 0.05) is 0 Å². The molecular weight excluding hydrogens is 260 g/mol. The topological polar surface area (TPSA) is 89.8 Å². The van der Waals surface area contributed by atoms with Gasteiger partial charge in [-0.15, -0.1) is 0 Å². The van der Waals surface area contributed by atoms with Crippen LogP contribution in [-0.4, -0.2) is 46.6 Å². The van der Waals surface area contributed by atoms with Gasteiger partial charge in [-0.05, 0) is 17.7 Å². The number of halogens is 2. The number of hydrogen-bond acceptors (Lipinski definition) is 4. The van der Waals surface area contributed by atoms with Gasteiger partial charge in [0.15, 0.2) is 11.6 Å². The van der Waals surface area contributed by atoms with Gasteiger partial charge < -0.3 is 20.6 Å². The molecule has 0 radical (unpaired) electrons. The normalized spacial score (nSPS) is 11.4. The first-order valence-electron chi connectivity index (χ1n) is 5.54. The standard InChI is InChI=1S/C12H15F2NO4/c13-9-2-1-8(3-10(9)14)4-11(19)15-12(5-16,6-17)7-18/h1-3,16-18H,4-7H2,(H,15,19). The summed E-state index contributed by atoms with van der Waals surface area (Å²) in [6.07, 6.45) is -0.265. The monoisotopic (exact) mass is 275 g/mol. The van der Waals surface area contributed by atoms with Gasteiger partial charge in [-0.2, -0.15) is 0 Å². The molecule has 0 fully saturated rings. The van der Waals surface area contributed by atoms with Gasteiger partial charge in [-0.3, -0.25) is 4.79 Å². The maximum Gasteiger partial charge on any atom is 0.225 e. The fourth-order valence-corrected chi connectivity index (χ4v) is 1.44. The average molecular weight is 275 g/mol. The minimum absolute atomic E-state index is 0.235. The number of benzene rings is 1. The SMILES string of the molecule is O=C(Cc1ccc(F)c(F)c1)NC(CO)(CO)CO. The van der Waals surface area contributed by atoms with Crippen LogP contribution in [0.15, 0.2) is 18.2 Å². The first-order valence-corrected chi connectivity index (χ1v) is 5.54. The molecule has 0 unspecified atom stereocenters. The highest BCUT2D eigenvalue weighted by molar-refractivity contribution is 5.79. The van der Waals surface area contributed by atoms with Gasteiger partial charge in [-0.25, -0.2) is 8.78 Å². The van der Waals surface area contributed by atoms with Crippen LogP contribution in [0.25, 0.3) is 0 Å². The van der Waals surface area contributed by atoms with Crippen molar-refractivity contribution in [1.29, 1.82) is 0 Å². The van der Waals surface area contributed by atoms with E-state index >= 15 is 0 Å². The van der Waals surface area contributed by atoms with Crippen LogP contribution in [0.5, 0.6) is 0 Å². The molecule has 4 N–H and O–H groups in total. The minimum Gasteiger partial charge on any atom is -0.394 e. The fourth-order valence-electron chi connectivity index (χ4n) is 1.44. The lowest BCUT2D eigenvalue weighted by Crippen LogP contribution is -2.57. The van der Waals surface area contributed by atoms with Crippen molar-refractivity contribution in [3.05, 3.63) is 35.4 Å². The van der Waals surface area contributed by atoms with Crippen LogP contribution in [-0.2, 0) is 11.2 Å². The fraction of sp³-hybridized carbons (Fsp3) is 0.417. The van der Waals surface area contributed by atoms with Gasteiger partial charge in [0.1, 0.15) is 5.54 Å². The Morgan fingerprint density at radius 1 is 1.11 bits per heavy atom. The molecule has 0 atom stereocenters. The van der Waals surface area contributed by atoms with Crippen molar-refractivity contribution in [2.45, 2.75) is 12.0 Å². The summed E-state index contributed by atoms with van der Waals surface area (Å²) in [5.74, 6) is -2.72. The van der Waals surface area contributed by atoms with Crippen LogP contribution >= 0.6 is 0 Å². The molecule has 7 heteroatoms. The van der Waals surface area contributed by atoms with Crippen molar-refractivity contribution < 1.29 is 28.9 Å². The number of amides is 1. The number of aliphatic hydroxyl groups is 3. The Hall–Kier alpha value is -1.57. The van der Waals surface area contributed by atoms with Crippen molar-refractivity contribution in [2.75, 3.05) is 19.8 Å². The third kappa shape index (κ3) is 3.95. The summed E-state index contributed by atoms with van der Waals surface area (Å²) in [6, 6.07) is 3.03. The molecular formula is C12H15F2NO4. The summed E-state index contributed by atoms with van der Waals surface area (Å²) in [7, 11) is 0. The maximum atomic E-state index is 12.9. The van der Waals surface area contributed by atoms with Crippen molar-refractivity contribution in [2.24, 2.45) is 0 Å². The molecule has 0 aliphatic rings. The lowest BCUT2D eigenvalue weighted by molar-refractivity contribution is -0.124. The lowest BCUT2D eigenvalue weighted by Gasteiger charge is -2.28. The van der Waals surface area contributed by atoms with Gasteiger partial charge in [0.25, 0.3) is 0 Å². The highest BCUT2D eigenvalue weighted by atomic mass is 19.2. The minimum atomic E-state index is -1.53. The number of hydrogen-bond donors (Lipinski definition) is 4. The van der Waals surface area contributed by atoms with Crippen LogP contribution in [0.2, 0.25) is 0 Å². The molecule has 0 saturated carbocycles. The van der Waals surface area contributed by atoms with Crippen LogP contribution in [0.3, 0.4) is 0 Å². The van der Waals surface area contributed by atoms with E-state index in [0.717, 1.165) is 12.1 Å². The summed E-state index contributed by atoms with van der Waals surface area (Å²) < 4.78 is 25.6. The van der Waals surface area contributed by atoms with E-state index in [1.807, 2.05) is 0 Å². The van der Waals surface area contributed by atoms with Gasteiger partial charge >= 0.3 is 0 Å². The van der Waals surface area contributed by atoms with E-state index in [9.17, 15) is 13.6 Å². The van der Waals surface area contributed by atoms with Crippen LogP contribution in [0, 0.1) is 11.6 Å². The Morgan fingerprint density at radius 3 is 2.16 bits per heavy atom. The predicted molar refractivity (Wildman–Crippen MR) is 62.2 cm³/mol. The highest BCUT2D eigenvalue weighted by Gasteiger charge is 2.29. The quantitative estimate of drug-likeness (QED) is 0.555. The number of rotatable bonds is 6. The smallest absolute Gasteiger partial charge is 0.225 e. The van der Waals surface area contributed by atoms with E-state index in [2.05, 4.69) is 5.32 Å².